The highest BCUT2D eigenvalue weighted by Crippen LogP contribution is 2.36. The molecule has 270 valence electrons. The Labute approximate surface area is 308 Å². The molecule has 52 heavy (non-hydrogen) atoms. The molecule has 1 atom stereocenters. The van der Waals surface area contributed by atoms with Gasteiger partial charge in [-0.25, -0.2) is 0 Å². The quantitative estimate of drug-likeness (QED) is 0.186. The molecule has 1 saturated heterocycles. The van der Waals surface area contributed by atoms with Crippen LogP contribution in [0.1, 0.15) is 37.5 Å². The number of carbonyl (C=O) groups excluding carboxylic acids is 2. The van der Waals surface area contributed by atoms with Crippen LogP contribution in [0.3, 0.4) is 0 Å². The molecule has 5 aromatic rings. The number of amides is 2. The Balaban J connectivity index is 1.26. The number of morpholine rings is 1. The van der Waals surface area contributed by atoms with E-state index in [1.165, 1.54) is 5.56 Å². The van der Waals surface area contributed by atoms with Crippen molar-refractivity contribution in [3.63, 3.8) is 0 Å². The topological polar surface area (TPSA) is 105 Å². The molecule has 2 amide bonds. The molecule has 0 radical (unpaired) electrons. The summed E-state index contributed by atoms with van der Waals surface area (Å²) >= 11 is 6.64. The summed E-state index contributed by atoms with van der Waals surface area (Å²) in [6.07, 6.45) is 4.19. The molecule has 0 unspecified atom stereocenters. The Morgan fingerprint density at radius 3 is 2.50 bits per heavy atom. The number of hydrogen-bond donors (Lipinski definition) is 1. The third-order valence-corrected chi connectivity index (χ3v) is 10.4. The number of carbonyl (C=O) groups is 2. The molecule has 2 aliphatic rings. The molecule has 0 spiro atoms. The zero-order valence-electron chi connectivity index (χ0n) is 29.7. The summed E-state index contributed by atoms with van der Waals surface area (Å²) in [6, 6.07) is 22.0. The number of fused-ring (bicyclic) bond motifs is 1. The van der Waals surface area contributed by atoms with Gasteiger partial charge in [-0.05, 0) is 73.0 Å². The SMILES string of the molecule is COCCn1cc(N(C(=O)c2cc(-c3cc(Cl)ccc3C(=O)N3Cc4ccccc4C[C@H]3CN3CCOCC3)n(C)c2C)c2ccc(O)cc2)cn1. The predicted octanol–water partition coefficient (Wildman–Crippen LogP) is 6.08. The molecule has 3 aromatic carbocycles. The zero-order chi connectivity index (χ0) is 36.4. The van der Waals surface area contributed by atoms with Crippen molar-refractivity contribution in [1.29, 1.82) is 0 Å². The minimum atomic E-state index is -0.288. The molecule has 2 aliphatic heterocycles. The second-order valence-corrected chi connectivity index (χ2v) is 13.8. The summed E-state index contributed by atoms with van der Waals surface area (Å²) in [7, 11) is 3.52. The van der Waals surface area contributed by atoms with E-state index in [-0.39, 0.29) is 23.6 Å². The van der Waals surface area contributed by atoms with Crippen LogP contribution in [-0.2, 0) is 36.0 Å². The second-order valence-electron chi connectivity index (χ2n) is 13.4. The van der Waals surface area contributed by atoms with E-state index in [1.54, 1.807) is 65.5 Å². The van der Waals surface area contributed by atoms with Crippen molar-refractivity contribution in [3.05, 3.63) is 118 Å². The zero-order valence-corrected chi connectivity index (χ0v) is 30.4. The fraction of sp³-hybridized carbons (Fsp3) is 0.325. The average Bonchev–Trinajstić information content (AvgIpc) is 3.74. The fourth-order valence-electron chi connectivity index (χ4n) is 7.19. The first-order valence-corrected chi connectivity index (χ1v) is 17.9. The van der Waals surface area contributed by atoms with Gasteiger partial charge in [0.25, 0.3) is 11.8 Å². The van der Waals surface area contributed by atoms with E-state index in [2.05, 4.69) is 28.2 Å². The molecule has 11 nitrogen and oxygen atoms in total. The number of aromatic nitrogens is 3. The Kier molecular flexibility index (Phi) is 10.5. The van der Waals surface area contributed by atoms with Gasteiger partial charge in [0, 0.05) is 85.8 Å². The first kappa shape index (κ1) is 35.5. The van der Waals surface area contributed by atoms with Gasteiger partial charge in [0.2, 0.25) is 0 Å². The highest BCUT2D eigenvalue weighted by Gasteiger charge is 2.34. The molecule has 0 bridgehead atoms. The number of nitrogens with zero attached hydrogens (tertiary/aromatic N) is 6. The van der Waals surface area contributed by atoms with Crippen molar-refractivity contribution in [1.82, 2.24) is 24.1 Å². The summed E-state index contributed by atoms with van der Waals surface area (Å²) in [4.78, 5) is 35.4. The maximum Gasteiger partial charge on any atom is 0.264 e. The summed E-state index contributed by atoms with van der Waals surface area (Å²) < 4.78 is 14.5. The third kappa shape index (κ3) is 7.22. The molecule has 1 fully saturated rings. The monoisotopic (exact) mass is 722 g/mol. The number of halogens is 1. The van der Waals surface area contributed by atoms with Crippen LogP contribution in [-0.4, -0.2) is 93.7 Å². The van der Waals surface area contributed by atoms with Gasteiger partial charge in [-0.15, -0.1) is 0 Å². The van der Waals surface area contributed by atoms with Crippen molar-refractivity contribution in [2.75, 3.05) is 51.5 Å². The minimum absolute atomic E-state index is 0.0278. The fourth-order valence-corrected chi connectivity index (χ4v) is 7.37. The van der Waals surface area contributed by atoms with Crippen LogP contribution in [0.5, 0.6) is 5.75 Å². The number of rotatable bonds is 10. The van der Waals surface area contributed by atoms with E-state index < -0.39 is 0 Å². The van der Waals surface area contributed by atoms with Gasteiger partial charge in [-0.1, -0.05) is 35.9 Å². The van der Waals surface area contributed by atoms with Gasteiger partial charge in [0.1, 0.15) is 5.75 Å². The van der Waals surface area contributed by atoms with Crippen molar-refractivity contribution >= 4 is 34.8 Å². The van der Waals surface area contributed by atoms with Crippen LogP contribution in [0.15, 0.2) is 85.2 Å². The van der Waals surface area contributed by atoms with Crippen molar-refractivity contribution < 1.29 is 24.2 Å². The molecule has 0 aliphatic carbocycles. The Bertz CT molecular complexity index is 2070. The maximum atomic E-state index is 14.8. The van der Waals surface area contributed by atoms with E-state index in [0.29, 0.717) is 77.4 Å². The molecule has 0 saturated carbocycles. The summed E-state index contributed by atoms with van der Waals surface area (Å²) in [5, 5.41) is 15.0. The van der Waals surface area contributed by atoms with Crippen LogP contribution in [0.2, 0.25) is 5.02 Å². The van der Waals surface area contributed by atoms with E-state index >= 15 is 0 Å². The lowest BCUT2D eigenvalue weighted by Gasteiger charge is -2.40. The molecular weight excluding hydrogens is 680 g/mol. The lowest BCUT2D eigenvalue weighted by atomic mass is 9.92. The lowest BCUT2D eigenvalue weighted by molar-refractivity contribution is 0.0193. The van der Waals surface area contributed by atoms with Gasteiger partial charge in [-0.3, -0.25) is 24.1 Å². The van der Waals surface area contributed by atoms with E-state index in [9.17, 15) is 14.7 Å². The van der Waals surface area contributed by atoms with Gasteiger partial charge in [-0.2, -0.15) is 5.10 Å². The van der Waals surface area contributed by atoms with Gasteiger partial charge in [0.15, 0.2) is 0 Å². The Morgan fingerprint density at radius 2 is 1.75 bits per heavy atom. The third-order valence-electron chi connectivity index (χ3n) is 10.2. The molecule has 7 rings (SSSR count). The number of benzene rings is 3. The smallest absolute Gasteiger partial charge is 0.264 e. The molecule has 12 heteroatoms. The van der Waals surface area contributed by atoms with Crippen molar-refractivity contribution in [2.45, 2.75) is 32.5 Å². The number of aromatic hydroxyl groups is 1. The Hall–Kier alpha value is -4.94. The first-order chi connectivity index (χ1) is 25.2. The van der Waals surface area contributed by atoms with Crippen LogP contribution >= 0.6 is 11.6 Å². The number of ether oxygens (including phenoxy) is 2. The van der Waals surface area contributed by atoms with E-state index in [4.69, 9.17) is 21.1 Å². The van der Waals surface area contributed by atoms with Crippen LogP contribution in [0.4, 0.5) is 11.4 Å². The maximum absolute atomic E-state index is 14.8. The van der Waals surface area contributed by atoms with Crippen LogP contribution in [0, 0.1) is 6.92 Å². The Morgan fingerprint density at radius 1 is 1.00 bits per heavy atom. The summed E-state index contributed by atoms with van der Waals surface area (Å²) in [6.45, 7) is 7.17. The van der Waals surface area contributed by atoms with Crippen LogP contribution in [0.25, 0.3) is 11.3 Å². The molecule has 1 N–H and O–H groups in total. The average molecular weight is 723 g/mol. The van der Waals surface area contributed by atoms with Crippen molar-refractivity contribution in [2.24, 2.45) is 7.05 Å². The van der Waals surface area contributed by atoms with Gasteiger partial charge in [0.05, 0.1) is 43.8 Å². The lowest BCUT2D eigenvalue weighted by Crippen LogP contribution is -2.52. The number of methoxy groups -OCH3 is 1. The second kappa shape index (κ2) is 15.3. The number of phenolic OH excluding ortho intramolecular Hbond substituents is 1. The number of hydrogen-bond acceptors (Lipinski definition) is 7. The minimum Gasteiger partial charge on any atom is -0.508 e. The molecule has 4 heterocycles. The number of phenols is 1. The summed E-state index contributed by atoms with van der Waals surface area (Å²) in [5.41, 5.74) is 6.56. The largest absolute Gasteiger partial charge is 0.508 e. The molecular formula is C40H43ClN6O5. The van der Waals surface area contributed by atoms with Gasteiger partial charge >= 0.3 is 0 Å². The summed E-state index contributed by atoms with van der Waals surface area (Å²) in [5.74, 6) is -0.280. The predicted molar refractivity (Wildman–Crippen MR) is 200 cm³/mol. The van der Waals surface area contributed by atoms with E-state index in [1.807, 2.05) is 41.6 Å². The highest BCUT2D eigenvalue weighted by atomic mass is 35.5. The normalized spacial score (nSPS) is 16.2. The highest BCUT2D eigenvalue weighted by molar-refractivity contribution is 6.31. The van der Waals surface area contributed by atoms with Crippen molar-refractivity contribution in [3.8, 4) is 17.0 Å². The van der Waals surface area contributed by atoms with Gasteiger partial charge < -0.3 is 24.0 Å². The first-order valence-electron chi connectivity index (χ1n) is 17.5. The standard InChI is InChI=1S/C40H43ClN6O5/c1-27-36(40(50)47(31-9-11-34(48)12-10-31)33-23-42-45(26-33)16-17-51-3)22-38(43(27)2)37-21-30(41)8-13-35(37)39(49)46-24-29-7-5-4-6-28(29)20-32(46)25-44-14-18-52-19-15-44/h4-13,21-23,26,32,48H,14-20,24-25H2,1-3H3/t32-/m0/s1. The number of anilines is 2. The molecule has 2 aromatic heterocycles. The van der Waals surface area contributed by atoms with Crippen LogP contribution < -0.4 is 4.90 Å². The van der Waals surface area contributed by atoms with E-state index in [0.717, 1.165) is 31.6 Å².